The van der Waals surface area contributed by atoms with Crippen molar-refractivity contribution in [2.75, 3.05) is 14.2 Å². The van der Waals surface area contributed by atoms with Gasteiger partial charge in [0.15, 0.2) is 5.78 Å². The predicted octanol–water partition coefficient (Wildman–Crippen LogP) is 4.48. The Kier molecular flexibility index (Phi) is 6.39. The minimum atomic E-state index is -0.388. The summed E-state index contributed by atoms with van der Waals surface area (Å²) in [5.74, 6) is -0.742. The van der Waals surface area contributed by atoms with Gasteiger partial charge >= 0.3 is 11.9 Å². The SMILES string of the molecule is COC(=O)c1ccc(/C=C2\CCC/C(=C\c3ccc(C(=O)OC)cc3)C2=O)cc1. The second kappa shape index (κ2) is 9.15. The molecule has 0 radical (unpaired) electrons. The van der Waals surface area contributed by atoms with Crippen molar-refractivity contribution in [3.05, 3.63) is 81.9 Å². The Hall–Kier alpha value is -3.47. The summed E-state index contributed by atoms with van der Waals surface area (Å²) in [6.45, 7) is 0. The molecule has 148 valence electrons. The molecule has 0 saturated heterocycles. The van der Waals surface area contributed by atoms with Crippen molar-refractivity contribution in [3.8, 4) is 0 Å². The molecule has 1 saturated carbocycles. The minimum Gasteiger partial charge on any atom is -0.465 e. The lowest BCUT2D eigenvalue weighted by Gasteiger charge is -2.16. The molecule has 0 aliphatic heterocycles. The second-order valence-corrected chi connectivity index (χ2v) is 6.75. The smallest absolute Gasteiger partial charge is 0.337 e. The fraction of sp³-hybridized carbons (Fsp3) is 0.208. The number of carbonyl (C=O) groups is 3. The normalized spacial score (nSPS) is 16.7. The van der Waals surface area contributed by atoms with Gasteiger partial charge in [0.1, 0.15) is 0 Å². The van der Waals surface area contributed by atoms with E-state index in [0.717, 1.165) is 41.5 Å². The van der Waals surface area contributed by atoms with Crippen molar-refractivity contribution in [2.24, 2.45) is 0 Å². The van der Waals surface area contributed by atoms with Crippen LogP contribution in [0.15, 0.2) is 59.7 Å². The summed E-state index contributed by atoms with van der Waals surface area (Å²) in [5.41, 5.74) is 4.18. The second-order valence-electron chi connectivity index (χ2n) is 6.75. The van der Waals surface area contributed by atoms with Gasteiger partial charge in [0, 0.05) is 11.1 Å². The monoisotopic (exact) mass is 390 g/mol. The zero-order valence-electron chi connectivity index (χ0n) is 16.4. The van der Waals surface area contributed by atoms with Gasteiger partial charge in [-0.15, -0.1) is 0 Å². The lowest BCUT2D eigenvalue weighted by atomic mass is 9.86. The molecule has 0 spiro atoms. The Morgan fingerprint density at radius 3 is 1.45 bits per heavy atom. The quantitative estimate of drug-likeness (QED) is 0.569. The van der Waals surface area contributed by atoms with Gasteiger partial charge in [0.05, 0.1) is 25.3 Å². The van der Waals surface area contributed by atoms with Gasteiger partial charge in [-0.1, -0.05) is 24.3 Å². The van der Waals surface area contributed by atoms with Crippen LogP contribution in [-0.4, -0.2) is 31.9 Å². The van der Waals surface area contributed by atoms with Crippen LogP contribution in [-0.2, 0) is 14.3 Å². The topological polar surface area (TPSA) is 69.7 Å². The number of hydrogen-bond donors (Lipinski definition) is 0. The fourth-order valence-corrected chi connectivity index (χ4v) is 3.25. The van der Waals surface area contributed by atoms with Crippen LogP contribution >= 0.6 is 0 Å². The lowest BCUT2D eigenvalue weighted by Crippen LogP contribution is -2.12. The maximum atomic E-state index is 12.9. The molecule has 2 aromatic rings. The molecule has 0 heterocycles. The first kappa shape index (κ1) is 20.3. The summed E-state index contributed by atoms with van der Waals surface area (Å²) in [4.78, 5) is 36.0. The van der Waals surface area contributed by atoms with E-state index in [1.54, 1.807) is 48.5 Å². The minimum absolute atomic E-state index is 0.0327. The van der Waals surface area contributed by atoms with E-state index in [4.69, 9.17) is 9.47 Å². The maximum Gasteiger partial charge on any atom is 0.337 e. The van der Waals surface area contributed by atoms with E-state index in [1.807, 2.05) is 12.2 Å². The van der Waals surface area contributed by atoms with Gasteiger partial charge in [-0.05, 0) is 66.8 Å². The number of carbonyl (C=O) groups excluding carboxylic acids is 3. The number of Topliss-reactive ketones (excluding diaryl/α,β-unsaturated/α-hetero) is 1. The molecule has 29 heavy (non-hydrogen) atoms. The van der Waals surface area contributed by atoms with Crippen LogP contribution in [0.5, 0.6) is 0 Å². The maximum absolute atomic E-state index is 12.9. The molecule has 0 unspecified atom stereocenters. The van der Waals surface area contributed by atoms with Crippen LogP contribution in [0, 0.1) is 0 Å². The zero-order valence-corrected chi connectivity index (χ0v) is 16.4. The van der Waals surface area contributed by atoms with E-state index in [-0.39, 0.29) is 17.7 Å². The van der Waals surface area contributed by atoms with Crippen molar-refractivity contribution in [1.82, 2.24) is 0 Å². The number of methoxy groups -OCH3 is 2. The average molecular weight is 390 g/mol. The molecule has 0 N–H and O–H groups in total. The zero-order chi connectivity index (χ0) is 20.8. The summed E-state index contributed by atoms with van der Waals surface area (Å²) >= 11 is 0. The molecule has 1 fully saturated rings. The van der Waals surface area contributed by atoms with Crippen molar-refractivity contribution < 1.29 is 23.9 Å². The summed E-state index contributed by atoms with van der Waals surface area (Å²) in [6, 6.07) is 13.9. The summed E-state index contributed by atoms with van der Waals surface area (Å²) < 4.78 is 9.40. The number of rotatable bonds is 4. The molecule has 5 nitrogen and oxygen atoms in total. The van der Waals surface area contributed by atoms with E-state index in [1.165, 1.54) is 14.2 Å². The number of hydrogen-bond acceptors (Lipinski definition) is 5. The lowest BCUT2D eigenvalue weighted by molar-refractivity contribution is -0.112. The Morgan fingerprint density at radius 2 is 1.10 bits per heavy atom. The first-order chi connectivity index (χ1) is 14.0. The molecule has 0 bridgehead atoms. The van der Waals surface area contributed by atoms with Crippen LogP contribution in [0.25, 0.3) is 12.2 Å². The average Bonchev–Trinajstić information content (AvgIpc) is 2.76. The third kappa shape index (κ3) is 4.88. The van der Waals surface area contributed by atoms with Crippen LogP contribution in [0.2, 0.25) is 0 Å². The van der Waals surface area contributed by atoms with Crippen LogP contribution in [0.1, 0.15) is 51.1 Å². The molecule has 3 rings (SSSR count). The molecule has 0 aromatic heterocycles. The van der Waals surface area contributed by atoms with Crippen molar-refractivity contribution in [1.29, 1.82) is 0 Å². The predicted molar refractivity (Wildman–Crippen MR) is 110 cm³/mol. The largest absolute Gasteiger partial charge is 0.465 e. The van der Waals surface area contributed by atoms with Crippen LogP contribution in [0.3, 0.4) is 0 Å². The highest BCUT2D eigenvalue weighted by molar-refractivity contribution is 6.14. The summed E-state index contributed by atoms with van der Waals surface area (Å²) in [5, 5.41) is 0. The third-order valence-electron chi connectivity index (χ3n) is 4.82. The number of ketones is 1. The van der Waals surface area contributed by atoms with Gasteiger partial charge < -0.3 is 9.47 Å². The highest BCUT2D eigenvalue weighted by atomic mass is 16.5. The highest BCUT2D eigenvalue weighted by Gasteiger charge is 2.20. The van der Waals surface area contributed by atoms with E-state index in [2.05, 4.69) is 0 Å². The third-order valence-corrected chi connectivity index (χ3v) is 4.82. The van der Waals surface area contributed by atoms with Gasteiger partial charge in [-0.25, -0.2) is 9.59 Å². The molecule has 5 heteroatoms. The molecule has 0 amide bonds. The van der Waals surface area contributed by atoms with Gasteiger partial charge in [0.25, 0.3) is 0 Å². The molecular weight excluding hydrogens is 368 g/mol. The molecule has 1 aliphatic rings. The van der Waals surface area contributed by atoms with E-state index in [0.29, 0.717) is 11.1 Å². The highest BCUT2D eigenvalue weighted by Crippen LogP contribution is 2.28. The van der Waals surface area contributed by atoms with E-state index >= 15 is 0 Å². The fourth-order valence-electron chi connectivity index (χ4n) is 3.25. The first-order valence-corrected chi connectivity index (χ1v) is 9.34. The molecule has 1 aliphatic carbocycles. The Balaban J connectivity index is 1.79. The van der Waals surface area contributed by atoms with Gasteiger partial charge in [-0.3, -0.25) is 4.79 Å². The first-order valence-electron chi connectivity index (χ1n) is 9.34. The Morgan fingerprint density at radius 1 is 0.724 bits per heavy atom. The number of ether oxygens (including phenoxy) is 2. The van der Waals surface area contributed by atoms with E-state index < -0.39 is 0 Å². The van der Waals surface area contributed by atoms with Gasteiger partial charge in [-0.2, -0.15) is 0 Å². The van der Waals surface area contributed by atoms with Crippen LogP contribution in [0.4, 0.5) is 0 Å². The molecule has 2 aromatic carbocycles. The van der Waals surface area contributed by atoms with E-state index in [9.17, 15) is 14.4 Å². The Bertz CT molecular complexity index is 899. The van der Waals surface area contributed by atoms with Gasteiger partial charge in [0.2, 0.25) is 0 Å². The summed E-state index contributed by atoms with van der Waals surface area (Å²) in [7, 11) is 2.69. The van der Waals surface area contributed by atoms with Crippen molar-refractivity contribution in [3.63, 3.8) is 0 Å². The van der Waals surface area contributed by atoms with Crippen molar-refractivity contribution in [2.45, 2.75) is 19.3 Å². The summed E-state index contributed by atoms with van der Waals surface area (Å²) in [6.07, 6.45) is 6.07. The van der Waals surface area contributed by atoms with Crippen molar-refractivity contribution >= 4 is 29.9 Å². The molecular formula is C24H22O5. The standard InChI is InChI=1S/C24H22O5/c1-28-23(26)18-10-6-16(7-11-18)14-20-4-3-5-21(22(20)25)15-17-8-12-19(13-9-17)24(27)29-2/h6-15H,3-5H2,1-2H3/b20-14+,21-15+. The number of esters is 2. The Labute approximate surface area is 169 Å². The van der Waals surface area contributed by atoms with Crippen LogP contribution < -0.4 is 0 Å². The number of benzene rings is 2. The number of allylic oxidation sites excluding steroid dienone is 2. The molecule has 0 atom stereocenters.